The van der Waals surface area contributed by atoms with E-state index in [1.54, 1.807) is 13.8 Å². The van der Waals surface area contributed by atoms with Crippen molar-refractivity contribution < 1.29 is 19.1 Å². The average Bonchev–Trinajstić information content (AvgIpc) is 2.65. The van der Waals surface area contributed by atoms with Crippen molar-refractivity contribution >= 4 is 11.9 Å². The first-order valence-corrected chi connectivity index (χ1v) is 7.24. The van der Waals surface area contributed by atoms with Crippen LogP contribution in [-0.2, 0) is 19.1 Å². The fraction of sp³-hybridized carbons (Fsp3) is 0.733. The van der Waals surface area contributed by atoms with Gasteiger partial charge in [-0.3, -0.25) is 0 Å². The summed E-state index contributed by atoms with van der Waals surface area (Å²) in [6.07, 6.45) is 7.83. The van der Waals surface area contributed by atoms with Crippen molar-refractivity contribution in [3.8, 4) is 0 Å². The lowest BCUT2D eigenvalue weighted by molar-refractivity contribution is -0.141. The molecule has 0 aromatic heterocycles. The zero-order valence-electron chi connectivity index (χ0n) is 11.9. The molecule has 19 heavy (non-hydrogen) atoms. The number of rotatable bonds is 5. The molecular formula is C15H24O4. The Bertz CT molecular complexity index is 325. The smallest absolute Gasteiger partial charge is 0.334 e. The highest BCUT2D eigenvalue weighted by molar-refractivity contribution is 5.96. The quantitative estimate of drug-likeness (QED) is 0.437. The molecule has 1 saturated carbocycles. The second kappa shape index (κ2) is 8.73. The molecule has 0 spiro atoms. The Labute approximate surface area is 115 Å². The molecule has 0 unspecified atom stereocenters. The van der Waals surface area contributed by atoms with Crippen LogP contribution in [0.15, 0.2) is 11.6 Å². The summed E-state index contributed by atoms with van der Waals surface area (Å²) < 4.78 is 9.96. The number of esters is 2. The third kappa shape index (κ3) is 5.45. The van der Waals surface area contributed by atoms with E-state index in [2.05, 4.69) is 0 Å². The van der Waals surface area contributed by atoms with E-state index in [0.29, 0.717) is 18.8 Å². The van der Waals surface area contributed by atoms with Gasteiger partial charge < -0.3 is 9.47 Å². The van der Waals surface area contributed by atoms with E-state index < -0.39 is 5.97 Å². The predicted octanol–water partition coefficient (Wildman–Crippen LogP) is 3.01. The van der Waals surface area contributed by atoms with Crippen molar-refractivity contribution in [3.63, 3.8) is 0 Å². The van der Waals surface area contributed by atoms with Gasteiger partial charge >= 0.3 is 11.9 Å². The highest BCUT2D eigenvalue weighted by Crippen LogP contribution is 2.29. The van der Waals surface area contributed by atoms with Crippen LogP contribution in [0.5, 0.6) is 0 Å². The van der Waals surface area contributed by atoms with Crippen LogP contribution in [-0.4, -0.2) is 25.2 Å². The molecule has 1 rings (SSSR count). The molecular weight excluding hydrogens is 244 g/mol. The van der Waals surface area contributed by atoms with E-state index in [9.17, 15) is 9.59 Å². The number of hydrogen-bond acceptors (Lipinski definition) is 4. The number of hydrogen-bond donors (Lipinski definition) is 0. The minimum absolute atomic E-state index is 0.131. The second-order valence-corrected chi connectivity index (χ2v) is 4.76. The third-order valence-electron chi connectivity index (χ3n) is 3.37. The summed E-state index contributed by atoms with van der Waals surface area (Å²) in [5, 5.41) is 0. The van der Waals surface area contributed by atoms with Gasteiger partial charge in [-0.15, -0.1) is 0 Å². The second-order valence-electron chi connectivity index (χ2n) is 4.76. The fourth-order valence-electron chi connectivity index (χ4n) is 2.46. The summed E-state index contributed by atoms with van der Waals surface area (Å²) in [6.45, 7) is 4.16. The molecule has 0 saturated heterocycles. The molecule has 108 valence electrons. The van der Waals surface area contributed by atoms with Crippen LogP contribution < -0.4 is 0 Å². The van der Waals surface area contributed by atoms with Gasteiger partial charge in [0.2, 0.25) is 0 Å². The molecule has 0 heterocycles. The van der Waals surface area contributed by atoms with Gasteiger partial charge in [0.25, 0.3) is 0 Å². The maximum atomic E-state index is 12.0. The maximum absolute atomic E-state index is 12.0. The minimum atomic E-state index is -0.449. The molecule has 0 amide bonds. The van der Waals surface area contributed by atoms with E-state index in [1.165, 1.54) is 18.9 Å². The standard InChI is InChI=1S/C15H24O4/c1-3-18-14(16)11-13(15(17)19-4-2)12-9-7-5-6-8-10-12/h11-12H,3-10H2,1-2H3. The molecule has 0 aliphatic heterocycles. The Hall–Kier alpha value is -1.32. The van der Waals surface area contributed by atoms with Crippen LogP contribution in [0, 0.1) is 5.92 Å². The van der Waals surface area contributed by atoms with Crippen molar-refractivity contribution in [1.29, 1.82) is 0 Å². The maximum Gasteiger partial charge on any atom is 0.334 e. The van der Waals surface area contributed by atoms with Crippen LogP contribution >= 0.6 is 0 Å². The lowest BCUT2D eigenvalue weighted by Crippen LogP contribution is -2.18. The van der Waals surface area contributed by atoms with Gasteiger partial charge in [-0.25, -0.2) is 9.59 Å². The van der Waals surface area contributed by atoms with E-state index in [4.69, 9.17) is 9.47 Å². The monoisotopic (exact) mass is 268 g/mol. The van der Waals surface area contributed by atoms with E-state index in [1.807, 2.05) is 0 Å². The lowest BCUT2D eigenvalue weighted by Gasteiger charge is -2.16. The summed E-state index contributed by atoms with van der Waals surface area (Å²) in [5.41, 5.74) is 0.488. The topological polar surface area (TPSA) is 52.6 Å². The molecule has 0 N–H and O–H groups in total. The first-order valence-electron chi connectivity index (χ1n) is 7.24. The molecule has 1 fully saturated rings. The van der Waals surface area contributed by atoms with Crippen molar-refractivity contribution in [2.75, 3.05) is 13.2 Å². The highest BCUT2D eigenvalue weighted by Gasteiger charge is 2.24. The highest BCUT2D eigenvalue weighted by atomic mass is 16.5. The molecule has 1 aliphatic rings. The summed E-state index contributed by atoms with van der Waals surface area (Å²) in [4.78, 5) is 23.6. The van der Waals surface area contributed by atoms with E-state index in [0.717, 1.165) is 25.7 Å². The number of ether oxygens (including phenoxy) is 2. The first kappa shape index (κ1) is 15.7. The van der Waals surface area contributed by atoms with Crippen LogP contribution in [0.2, 0.25) is 0 Å². The van der Waals surface area contributed by atoms with Gasteiger partial charge in [0.1, 0.15) is 0 Å². The van der Waals surface area contributed by atoms with Crippen molar-refractivity contribution in [1.82, 2.24) is 0 Å². The first-order chi connectivity index (χ1) is 9.19. The van der Waals surface area contributed by atoms with Crippen LogP contribution in [0.4, 0.5) is 0 Å². The Morgan fingerprint density at radius 3 is 2.11 bits per heavy atom. The van der Waals surface area contributed by atoms with E-state index >= 15 is 0 Å². The predicted molar refractivity (Wildman–Crippen MR) is 72.5 cm³/mol. The van der Waals surface area contributed by atoms with Gasteiger partial charge in [-0.1, -0.05) is 25.7 Å². The van der Waals surface area contributed by atoms with Crippen LogP contribution in [0.1, 0.15) is 52.4 Å². The molecule has 1 aliphatic carbocycles. The van der Waals surface area contributed by atoms with Crippen LogP contribution in [0.25, 0.3) is 0 Å². The zero-order valence-corrected chi connectivity index (χ0v) is 11.9. The molecule has 4 nitrogen and oxygen atoms in total. The van der Waals surface area contributed by atoms with Gasteiger partial charge in [0, 0.05) is 11.6 Å². The third-order valence-corrected chi connectivity index (χ3v) is 3.37. The average molecular weight is 268 g/mol. The van der Waals surface area contributed by atoms with Crippen molar-refractivity contribution in [3.05, 3.63) is 11.6 Å². The molecule has 0 radical (unpaired) electrons. The van der Waals surface area contributed by atoms with Crippen molar-refractivity contribution in [2.24, 2.45) is 5.92 Å². The zero-order chi connectivity index (χ0) is 14.1. The van der Waals surface area contributed by atoms with Gasteiger partial charge in [-0.05, 0) is 32.6 Å². The summed E-state index contributed by atoms with van der Waals surface area (Å²) in [6, 6.07) is 0. The summed E-state index contributed by atoms with van der Waals surface area (Å²) in [7, 11) is 0. The minimum Gasteiger partial charge on any atom is -0.463 e. The normalized spacial score (nSPS) is 17.7. The molecule has 0 aromatic rings. The van der Waals surface area contributed by atoms with Crippen molar-refractivity contribution in [2.45, 2.75) is 52.4 Å². The lowest BCUT2D eigenvalue weighted by atomic mass is 9.91. The molecule has 0 bridgehead atoms. The Morgan fingerprint density at radius 2 is 1.58 bits per heavy atom. The van der Waals surface area contributed by atoms with Gasteiger partial charge in [0.05, 0.1) is 13.2 Å². The van der Waals surface area contributed by atoms with E-state index in [-0.39, 0.29) is 11.9 Å². The summed E-state index contributed by atoms with van der Waals surface area (Å²) in [5.74, 6) is -0.691. The van der Waals surface area contributed by atoms with Crippen LogP contribution in [0.3, 0.4) is 0 Å². The molecule has 0 aromatic carbocycles. The Balaban J connectivity index is 2.83. The van der Waals surface area contributed by atoms with Gasteiger partial charge in [-0.2, -0.15) is 0 Å². The fourth-order valence-corrected chi connectivity index (χ4v) is 2.46. The van der Waals surface area contributed by atoms with Gasteiger partial charge in [0.15, 0.2) is 0 Å². The number of carbonyl (C=O) groups is 2. The summed E-state index contributed by atoms with van der Waals surface area (Å²) >= 11 is 0. The SMILES string of the molecule is CCOC(=O)C=C(C(=O)OCC)C1CCCCCC1. The molecule has 0 atom stereocenters. The molecule has 4 heteroatoms. The number of carbonyl (C=O) groups excluding carboxylic acids is 2. The largest absolute Gasteiger partial charge is 0.463 e. The Morgan fingerprint density at radius 1 is 1.00 bits per heavy atom. The Kier molecular flexibility index (Phi) is 7.23.